The van der Waals surface area contributed by atoms with Gasteiger partial charge in [-0.15, -0.1) is 0 Å². The van der Waals surface area contributed by atoms with Crippen LogP contribution in [0.5, 0.6) is 5.75 Å². The lowest BCUT2D eigenvalue weighted by Gasteiger charge is -2.14. The summed E-state index contributed by atoms with van der Waals surface area (Å²) in [5.41, 5.74) is 10.4. The van der Waals surface area contributed by atoms with Crippen molar-refractivity contribution < 1.29 is 4.74 Å². The fourth-order valence-electron chi connectivity index (χ4n) is 3.83. The van der Waals surface area contributed by atoms with Crippen LogP contribution in [0.2, 0.25) is 0 Å². The molecule has 2 aromatic heterocycles. The lowest BCUT2D eigenvalue weighted by atomic mass is 9.96. The topological polar surface area (TPSA) is 76.0 Å². The lowest BCUT2D eigenvalue weighted by Crippen LogP contribution is -2.10. The normalized spacial score (nSPS) is 11.5. The van der Waals surface area contributed by atoms with E-state index < -0.39 is 0 Å². The second-order valence-electron chi connectivity index (χ2n) is 6.69. The molecule has 5 heteroatoms. The van der Waals surface area contributed by atoms with E-state index in [-0.39, 0.29) is 0 Å². The highest BCUT2D eigenvalue weighted by Gasteiger charge is 2.17. The molecule has 0 amide bonds. The number of pyridine rings is 1. The van der Waals surface area contributed by atoms with Gasteiger partial charge < -0.3 is 20.8 Å². The number of ether oxygens (including phenoxy) is 1. The van der Waals surface area contributed by atoms with Gasteiger partial charge in [-0.3, -0.25) is 0 Å². The maximum Gasteiger partial charge on any atom is 0.134 e. The molecule has 0 unspecified atom stereocenters. The Morgan fingerprint density at radius 2 is 1.96 bits per heavy atom. The predicted octanol–water partition coefficient (Wildman–Crippen LogP) is 4.26. The third-order valence-corrected chi connectivity index (χ3v) is 5.16. The molecule has 4 rings (SSSR count). The number of aryl methyl sites for hydroxylation is 2. The summed E-state index contributed by atoms with van der Waals surface area (Å²) in [5.74, 6) is 1.79. The number of benzene rings is 2. The van der Waals surface area contributed by atoms with Gasteiger partial charge in [0.25, 0.3) is 0 Å². The number of anilines is 1. The molecule has 0 radical (unpaired) electrons. The molecule has 0 atom stereocenters. The molecule has 0 bridgehead atoms. The van der Waals surface area contributed by atoms with E-state index in [9.17, 15) is 0 Å². The monoisotopic (exact) mass is 348 g/mol. The summed E-state index contributed by atoms with van der Waals surface area (Å²) in [6.45, 7) is 5.83. The predicted molar refractivity (Wildman–Crippen MR) is 109 cm³/mol. The van der Waals surface area contributed by atoms with Crippen LogP contribution < -0.4 is 15.8 Å². The number of nitrogens with one attached hydrogen (secondary N) is 2. The van der Waals surface area contributed by atoms with Crippen LogP contribution in [-0.4, -0.2) is 30.2 Å². The summed E-state index contributed by atoms with van der Waals surface area (Å²) in [6, 6.07) is 8.27. The number of aromatic amines is 1. The van der Waals surface area contributed by atoms with Gasteiger partial charge in [0.15, 0.2) is 0 Å². The van der Waals surface area contributed by atoms with E-state index in [1.54, 1.807) is 7.11 Å². The molecule has 4 N–H and O–H groups in total. The zero-order chi connectivity index (χ0) is 18.3. The third-order valence-electron chi connectivity index (χ3n) is 5.16. The van der Waals surface area contributed by atoms with Gasteiger partial charge in [0.2, 0.25) is 0 Å². The molecule has 5 nitrogen and oxygen atoms in total. The number of nitrogens with two attached hydrogens (primary N) is 1. The van der Waals surface area contributed by atoms with Crippen LogP contribution >= 0.6 is 0 Å². The Bertz CT molecular complexity index is 1110. The fraction of sp³-hybridized carbons (Fsp3) is 0.286. The van der Waals surface area contributed by atoms with Crippen molar-refractivity contribution in [3.05, 3.63) is 41.6 Å². The second-order valence-corrected chi connectivity index (χ2v) is 6.69. The van der Waals surface area contributed by atoms with Crippen molar-refractivity contribution in [2.45, 2.75) is 20.3 Å². The molecule has 0 aliphatic carbocycles. The highest BCUT2D eigenvalue weighted by molar-refractivity contribution is 6.18. The first kappa shape index (κ1) is 16.7. The Labute approximate surface area is 152 Å². The van der Waals surface area contributed by atoms with E-state index in [1.807, 2.05) is 12.3 Å². The molecule has 0 saturated carbocycles. The molecule has 0 saturated heterocycles. The van der Waals surface area contributed by atoms with Gasteiger partial charge in [-0.25, -0.2) is 4.98 Å². The van der Waals surface area contributed by atoms with Crippen molar-refractivity contribution in [3.63, 3.8) is 0 Å². The largest absolute Gasteiger partial charge is 0.497 e. The van der Waals surface area contributed by atoms with Crippen LogP contribution in [0.3, 0.4) is 0 Å². The first-order valence-corrected chi connectivity index (χ1v) is 8.97. The average molecular weight is 348 g/mol. The maximum atomic E-state index is 5.63. The highest BCUT2D eigenvalue weighted by Crippen LogP contribution is 2.39. The van der Waals surface area contributed by atoms with E-state index >= 15 is 0 Å². The quantitative estimate of drug-likeness (QED) is 0.471. The molecule has 0 aliphatic rings. The van der Waals surface area contributed by atoms with Gasteiger partial charge >= 0.3 is 0 Å². The minimum atomic E-state index is 0.669. The van der Waals surface area contributed by atoms with E-state index in [0.29, 0.717) is 6.54 Å². The number of hydrogen-bond acceptors (Lipinski definition) is 4. The van der Waals surface area contributed by atoms with E-state index in [4.69, 9.17) is 10.5 Å². The van der Waals surface area contributed by atoms with Crippen LogP contribution in [0.1, 0.15) is 17.5 Å². The van der Waals surface area contributed by atoms with Crippen LogP contribution in [-0.2, 0) is 0 Å². The number of H-pyrrole nitrogens is 1. The van der Waals surface area contributed by atoms with Gasteiger partial charge in [0.1, 0.15) is 11.6 Å². The maximum absolute atomic E-state index is 5.63. The van der Waals surface area contributed by atoms with Crippen molar-refractivity contribution in [1.29, 1.82) is 0 Å². The molecule has 4 aromatic rings. The Hall–Kier alpha value is -2.79. The summed E-state index contributed by atoms with van der Waals surface area (Å²) in [5, 5.41) is 8.27. The molecule has 2 aromatic carbocycles. The number of rotatable bonds is 5. The summed E-state index contributed by atoms with van der Waals surface area (Å²) < 4.78 is 5.44. The zero-order valence-electron chi connectivity index (χ0n) is 15.4. The van der Waals surface area contributed by atoms with E-state index in [0.717, 1.165) is 30.0 Å². The molecular weight excluding hydrogens is 324 g/mol. The number of aromatic nitrogens is 2. The molecule has 2 heterocycles. The van der Waals surface area contributed by atoms with Gasteiger partial charge in [-0.05, 0) is 67.6 Å². The highest BCUT2D eigenvalue weighted by atomic mass is 16.5. The SMILES string of the molecule is COc1ccc2[nH]c3c(C)c4ccnc(NCCCN)c4c(C)c3c2c1. The van der Waals surface area contributed by atoms with Crippen molar-refractivity contribution in [3.8, 4) is 5.75 Å². The molecule has 0 fully saturated rings. The van der Waals surface area contributed by atoms with E-state index in [1.165, 1.54) is 38.2 Å². The molecule has 134 valence electrons. The van der Waals surface area contributed by atoms with Gasteiger partial charge in [-0.1, -0.05) is 0 Å². The summed E-state index contributed by atoms with van der Waals surface area (Å²) in [7, 11) is 1.70. The van der Waals surface area contributed by atoms with Crippen molar-refractivity contribution >= 4 is 38.4 Å². The molecule has 0 aliphatic heterocycles. The fourth-order valence-corrected chi connectivity index (χ4v) is 3.83. The number of fused-ring (bicyclic) bond motifs is 4. The van der Waals surface area contributed by atoms with Crippen LogP contribution in [0.15, 0.2) is 30.5 Å². The van der Waals surface area contributed by atoms with Gasteiger partial charge in [-0.2, -0.15) is 0 Å². The average Bonchev–Trinajstić information content (AvgIpc) is 3.05. The van der Waals surface area contributed by atoms with Gasteiger partial charge in [0, 0.05) is 34.4 Å². The summed E-state index contributed by atoms with van der Waals surface area (Å²) in [4.78, 5) is 8.19. The minimum absolute atomic E-state index is 0.669. The van der Waals surface area contributed by atoms with Crippen molar-refractivity contribution in [1.82, 2.24) is 9.97 Å². The summed E-state index contributed by atoms with van der Waals surface area (Å²) >= 11 is 0. The number of hydrogen-bond donors (Lipinski definition) is 3. The van der Waals surface area contributed by atoms with Gasteiger partial charge in [0.05, 0.1) is 12.6 Å². The smallest absolute Gasteiger partial charge is 0.134 e. The van der Waals surface area contributed by atoms with Crippen LogP contribution in [0.4, 0.5) is 5.82 Å². The van der Waals surface area contributed by atoms with E-state index in [2.05, 4.69) is 47.3 Å². The first-order chi connectivity index (χ1) is 12.7. The molecular formula is C21H24N4O. The Morgan fingerprint density at radius 1 is 1.12 bits per heavy atom. The lowest BCUT2D eigenvalue weighted by molar-refractivity contribution is 0.415. The Balaban J connectivity index is 2.06. The summed E-state index contributed by atoms with van der Waals surface area (Å²) in [6.07, 6.45) is 2.79. The Morgan fingerprint density at radius 3 is 2.73 bits per heavy atom. The minimum Gasteiger partial charge on any atom is -0.497 e. The van der Waals surface area contributed by atoms with Crippen molar-refractivity contribution in [2.75, 3.05) is 25.5 Å². The standard InChI is InChI=1S/C21H24N4O/c1-12-15-7-10-24-21(23-9-4-8-22)19(15)13(2)18-16-11-14(26-3)5-6-17(16)25-20(12)18/h5-7,10-11,25H,4,8-9,22H2,1-3H3,(H,23,24). The van der Waals surface area contributed by atoms with Crippen LogP contribution in [0.25, 0.3) is 32.6 Å². The van der Waals surface area contributed by atoms with Crippen molar-refractivity contribution in [2.24, 2.45) is 5.73 Å². The molecule has 0 spiro atoms. The number of methoxy groups -OCH3 is 1. The molecule has 26 heavy (non-hydrogen) atoms. The second kappa shape index (κ2) is 6.50. The van der Waals surface area contributed by atoms with Crippen LogP contribution in [0, 0.1) is 13.8 Å². The zero-order valence-corrected chi connectivity index (χ0v) is 15.4. The number of nitrogens with zero attached hydrogens (tertiary/aromatic N) is 1. The Kier molecular flexibility index (Phi) is 4.17. The first-order valence-electron chi connectivity index (χ1n) is 8.97. The third kappa shape index (κ3) is 2.47.